The van der Waals surface area contributed by atoms with Crippen molar-refractivity contribution in [1.29, 1.82) is 0 Å². The van der Waals surface area contributed by atoms with Crippen LogP contribution in [0.5, 0.6) is 0 Å². The zero-order chi connectivity index (χ0) is 10.6. The van der Waals surface area contributed by atoms with Gasteiger partial charge in [0.2, 0.25) is 0 Å². The van der Waals surface area contributed by atoms with Crippen LogP contribution in [0.15, 0.2) is 24.5 Å². The normalized spacial score (nSPS) is 14.0. The lowest BCUT2D eigenvalue weighted by atomic mass is 10.0. The molecule has 1 heterocycles. The summed E-state index contributed by atoms with van der Waals surface area (Å²) in [6.07, 6.45) is 3.60. The van der Waals surface area contributed by atoms with Gasteiger partial charge in [0.1, 0.15) is 0 Å². The Morgan fingerprint density at radius 2 is 2.00 bits per heavy atom. The Labute approximate surface area is 90.7 Å². The quantitative estimate of drug-likeness (QED) is 0.777. The van der Waals surface area contributed by atoms with Crippen LogP contribution in [0.1, 0.15) is 26.3 Å². The van der Waals surface area contributed by atoms with Crippen LogP contribution in [-0.2, 0) is 6.54 Å². The standard InChI is InChI=1S/C11H17ClN2/c1-9(12)11(2,3)14-8-10-4-6-13-7-5-10/h4-7,9,14H,8H2,1-3H3. The van der Waals surface area contributed by atoms with E-state index in [1.165, 1.54) is 5.56 Å². The van der Waals surface area contributed by atoms with Crippen molar-refractivity contribution in [2.75, 3.05) is 0 Å². The van der Waals surface area contributed by atoms with Gasteiger partial charge in [0.25, 0.3) is 0 Å². The topological polar surface area (TPSA) is 24.9 Å². The van der Waals surface area contributed by atoms with Crippen molar-refractivity contribution >= 4 is 11.6 Å². The average molecular weight is 213 g/mol. The van der Waals surface area contributed by atoms with Crippen molar-refractivity contribution < 1.29 is 0 Å². The third-order valence-electron chi connectivity index (χ3n) is 2.49. The molecule has 0 aliphatic heterocycles. The van der Waals surface area contributed by atoms with Gasteiger partial charge in [0.05, 0.1) is 0 Å². The van der Waals surface area contributed by atoms with Crippen LogP contribution in [-0.4, -0.2) is 15.9 Å². The van der Waals surface area contributed by atoms with Crippen LogP contribution in [0, 0.1) is 0 Å². The number of rotatable bonds is 4. The maximum atomic E-state index is 6.06. The molecule has 0 fully saturated rings. The van der Waals surface area contributed by atoms with E-state index in [0.717, 1.165) is 6.54 Å². The maximum absolute atomic E-state index is 6.06. The van der Waals surface area contributed by atoms with E-state index in [1.807, 2.05) is 19.1 Å². The maximum Gasteiger partial charge on any atom is 0.0484 e. The highest BCUT2D eigenvalue weighted by Gasteiger charge is 2.22. The van der Waals surface area contributed by atoms with E-state index >= 15 is 0 Å². The second-order valence-corrected chi connectivity index (χ2v) is 4.70. The summed E-state index contributed by atoms with van der Waals surface area (Å²) in [5.41, 5.74) is 1.18. The number of nitrogens with zero attached hydrogens (tertiary/aromatic N) is 1. The monoisotopic (exact) mass is 212 g/mol. The lowest BCUT2D eigenvalue weighted by Crippen LogP contribution is -2.45. The minimum atomic E-state index is -0.0508. The van der Waals surface area contributed by atoms with Crippen molar-refractivity contribution in [2.45, 2.75) is 38.2 Å². The second kappa shape index (κ2) is 4.76. The Hall–Kier alpha value is -0.600. The molecule has 1 atom stereocenters. The molecule has 2 nitrogen and oxygen atoms in total. The van der Waals surface area contributed by atoms with Crippen molar-refractivity contribution in [2.24, 2.45) is 0 Å². The minimum Gasteiger partial charge on any atom is -0.306 e. The Morgan fingerprint density at radius 1 is 1.43 bits per heavy atom. The number of pyridine rings is 1. The summed E-state index contributed by atoms with van der Waals surface area (Å²) < 4.78 is 0. The molecule has 0 saturated heterocycles. The van der Waals surface area contributed by atoms with Crippen molar-refractivity contribution in [1.82, 2.24) is 10.3 Å². The minimum absolute atomic E-state index is 0.0508. The fraction of sp³-hybridized carbons (Fsp3) is 0.545. The number of hydrogen-bond donors (Lipinski definition) is 1. The molecule has 0 aromatic carbocycles. The van der Waals surface area contributed by atoms with E-state index in [9.17, 15) is 0 Å². The van der Waals surface area contributed by atoms with Gasteiger partial charge >= 0.3 is 0 Å². The molecular weight excluding hydrogens is 196 g/mol. The molecule has 0 aliphatic carbocycles. The molecule has 0 bridgehead atoms. The number of nitrogens with one attached hydrogen (secondary N) is 1. The van der Waals surface area contributed by atoms with Gasteiger partial charge in [-0.25, -0.2) is 0 Å². The summed E-state index contributed by atoms with van der Waals surface area (Å²) in [7, 11) is 0. The van der Waals surface area contributed by atoms with Gasteiger partial charge in [-0.05, 0) is 38.5 Å². The van der Waals surface area contributed by atoms with Gasteiger partial charge < -0.3 is 5.32 Å². The van der Waals surface area contributed by atoms with E-state index in [2.05, 4.69) is 24.1 Å². The SMILES string of the molecule is CC(Cl)C(C)(C)NCc1ccncc1. The van der Waals surface area contributed by atoms with Gasteiger partial charge in [-0.3, -0.25) is 4.98 Å². The Bertz CT molecular complexity index is 270. The summed E-state index contributed by atoms with van der Waals surface area (Å²) in [6, 6.07) is 4.00. The highest BCUT2D eigenvalue weighted by atomic mass is 35.5. The molecule has 0 spiro atoms. The fourth-order valence-corrected chi connectivity index (χ4v) is 1.05. The van der Waals surface area contributed by atoms with Crippen LogP contribution in [0.2, 0.25) is 0 Å². The lowest BCUT2D eigenvalue weighted by Gasteiger charge is -2.29. The van der Waals surface area contributed by atoms with Crippen LogP contribution in [0.25, 0.3) is 0 Å². The molecule has 1 unspecified atom stereocenters. The number of halogens is 1. The van der Waals surface area contributed by atoms with Gasteiger partial charge in [-0.2, -0.15) is 0 Å². The van der Waals surface area contributed by atoms with Crippen molar-refractivity contribution in [3.8, 4) is 0 Å². The van der Waals surface area contributed by atoms with Crippen LogP contribution >= 0.6 is 11.6 Å². The predicted octanol–water partition coefficient (Wildman–Crippen LogP) is 2.58. The number of hydrogen-bond acceptors (Lipinski definition) is 2. The Morgan fingerprint density at radius 3 is 2.50 bits per heavy atom. The second-order valence-electron chi connectivity index (χ2n) is 4.05. The molecule has 0 saturated carbocycles. The third kappa shape index (κ3) is 3.28. The Kier molecular flexibility index (Phi) is 3.90. The fourth-order valence-electron chi connectivity index (χ4n) is 0.971. The van der Waals surface area contributed by atoms with E-state index < -0.39 is 0 Å². The van der Waals surface area contributed by atoms with E-state index in [-0.39, 0.29) is 10.9 Å². The van der Waals surface area contributed by atoms with Crippen molar-refractivity contribution in [3.05, 3.63) is 30.1 Å². The van der Waals surface area contributed by atoms with Gasteiger partial charge in [0, 0.05) is 29.9 Å². The van der Waals surface area contributed by atoms with Crippen molar-refractivity contribution in [3.63, 3.8) is 0 Å². The number of alkyl halides is 1. The largest absolute Gasteiger partial charge is 0.306 e. The molecule has 0 radical (unpaired) electrons. The predicted molar refractivity (Wildman–Crippen MR) is 60.5 cm³/mol. The van der Waals surface area contributed by atoms with Gasteiger partial charge in [-0.1, -0.05) is 0 Å². The molecule has 1 N–H and O–H groups in total. The first-order chi connectivity index (χ1) is 6.52. The molecule has 14 heavy (non-hydrogen) atoms. The van der Waals surface area contributed by atoms with Crippen LogP contribution in [0.4, 0.5) is 0 Å². The molecule has 1 aromatic heterocycles. The lowest BCUT2D eigenvalue weighted by molar-refractivity contribution is 0.380. The van der Waals surface area contributed by atoms with Gasteiger partial charge in [0.15, 0.2) is 0 Å². The summed E-state index contributed by atoms with van der Waals surface area (Å²) in [5.74, 6) is 0. The molecule has 3 heteroatoms. The molecule has 0 amide bonds. The molecule has 1 aromatic rings. The molecule has 78 valence electrons. The summed E-state index contributed by atoms with van der Waals surface area (Å²) in [6.45, 7) is 7.03. The average Bonchev–Trinajstić information content (AvgIpc) is 2.16. The zero-order valence-electron chi connectivity index (χ0n) is 8.92. The summed E-state index contributed by atoms with van der Waals surface area (Å²) >= 11 is 6.06. The first-order valence-corrected chi connectivity index (χ1v) is 5.24. The highest BCUT2D eigenvalue weighted by molar-refractivity contribution is 6.21. The summed E-state index contributed by atoms with van der Waals surface area (Å²) in [5, 5.41) is 3.52. The van der Waals surface area contributed by atoms with E-state index in [4.69, 9.17) is 11.6 Å². The molecule has 1 rings (SSSR count). The van der Waals surface area contributed by atoms with E-state index in [1.54, 1.807) is 12.4 Å². The molecule has 0 aliphatic rings. The smallest absolute Gasteiger partial charge is 0.0484 e. The number of aromatic nitrogens is 1. The Balaban J connectivity index is 2.49. The summed E-state index contributed by atoms with van der Waals surface area (Å²) in [4.78, 5) is 3.97. The first kappa shape index (κ1) is 11.5. The van der Waals surface area contributed by atoms with Crippen LogP contribution < -0.4 is 5.32 Å². The van der Waals surface area contributed by atoms with Crippen LogP contribution in [0.3, 0.4) is 0 Å². The first-order valence-electron chi connectivity index (χ1n) is 4.80. The van der Waals surface area contributed by atoms with Gasteiger partial charge in [-0.15, -0.1) is 11.6 Å². The molecular formula is C11H17ClN2. The highest BCUT2D eigenvalue weighted by Crippen LogP contribution is 2.15. The third-order valence-corrected chi connectivity index (χ3v) is 3.04. The zero-order valence-corrected chi connectivity index (χ0v) is 9.67. The van der Waals surface area contributed by atoms with E-state index in [0.29, 0.717) is 0 Å².